The van der Waals surface area contributed by atoms with Gasteiger partial charge in [0.25, 0.3) is 0 Å². The van der Waals surface area contributed by atoms with Crippen molar-refractivity contribution >= 4 is 0 Å². The van der Waals surface area contributed by atoms with Gasteiger partial charge in [0, 0.05) is 24.0 Å². The van der Waals surface area contributed by atoms with Crippen LogP contribution in [0.2, 0.25) is 0 Å². The zero-order valence-corrected chi connectivity index (χ0v) is 21.7. The van der Waals surface area contributed by atoms with Crippen LogP contribution < -0.4 is 4.57 Å². The summed E-state index contributed by atoms with van der Waals surface area (Å²) in [5, 5.41) is 0. The third-order valence-corrected chi connectivity index (χ3v) is 6.29. The lowest BCUT2D eigenvalue weighted by Gasteiger charge is -2.23. The average Bonchev–Trinajstić information content (AvgIpc) is 3.14. The molecule has 3 aromatic rings. The van der Waals surface area contributed by atoms with Crippen molar-refractivity contribution in [3.63, 3.8) is 0 Å². The molecule has 2 aromatic carbocycles. The molecule has 0 amide bonds. The smallest absolute Gasteiger partial charge is 0.240 e. The minimum absolute atomic E-state index is 0.448. The van der Waals surface area contributed by atoms with Crippen molar-refractivity contribution in [1.82, 2.24) is 4.98 Å². The topological polar surface area (TPSA) is 16.8 Å². The largest absolute Gasteiger partial charge is 0.416 e. The zero-order valence-electron chi connectivity index (χ0n) is 21.7. The Kier molecular flexibility index (Phi) is 8.97. The Morgan fingerprint density at radius 1 is 0.778 bits per heavy atom. The maximum Gasteiger partial charge on any atom is 0.416 e. The summed E-state index contributed by atoms with van der Waals surface area (Å²) < 4.78 is 81.4. The molecule has 1 aromatic heterocycles. The van der Waals surface area contributed by atoms with E-state index in [-0.39, 0.29) is 0 Å². The predicted molar refractivity (Wildman–Crippen MR) is 130 cm³/mol. The molecule has 8 heteroatoms. The first-order valence-corrected chi connectivity index (χ1v) is 12.3. The van der Waals surface area contributed by atoms with Crippen molar-refractivity contribution < 1.29 is 30.9 Å². The molecule has 2 heterocycles. The normalized spacial score (nSPS) is 13.6. The lowest BCUT2D eigenvalue weighted by molar-refractivity contribution is -0.740. The van der Waals surface area contributed by atoms with Gasteiger partial charge in [0.05, 0.1) is 16.7 Å². The van der Waals surface area contributed by atoms with Crippen molar-refractivity contribution in [2.75, 3.05) is 0 Å². The molecule has 4 rings (SSSR count). The molecule has 0 unspecified atom stereocenters. The third-order valence-electron chi connectivity index (χ3n) is 6.29. The first kappa shape index (κ1) is 29.3. The van der Waals surface area contributed by atoms with E-state index < -0.39 is 29.0 Å². The highest BCUT2D eigenvalue weighted by Gasteiger charge is 2.51. The number of halogens is 6. The van der Waals surface area contributed by atoms with Crippen molar-refractivity contribution in [2.24, 2.45) is 0 Å². The SMILES string of the molecule is CC.CC.CCC1(CC)c2cc(C(F)(F)F)ccc2-c2c(-c3ccc(C(F)(F)F)cc3)nc(C)c[n+]21. The van der Waals surface area contributed by atoms with Gasteiger partial charge in [0.1, 0.15) is 11.4 Å². The standard InChI is InChI=1S/C24H21F6N2.2C2H6/c1-4-22(5-2)19-12-17(24(28,29)30)10-11-18(19)21-20(31-14(3)13-32(21)22)15-6-8-16(9-7-15)23(25,26)27;2*1-2/h6-13H,4-5H2,1-3H3;2*1-2H3/q+1;;. The Hall–Kier alpha value is -2.90. The van der Waals surface area contributed by atoms with Crippen LogP contribution in [-0.4, -0.2) is 4.98 Å². The van der Waals surface area contributed by atoms with Gasteiger partial charge in [-0.05, 0) is 37.3 Å². The molecule has 0 radical (unpaired) electrons. The lowest BCUT2D eigenvalue weighted by Crippen LogP contribution is -2.54. The van der Waals surface area contributed by atoms with E-state index >= 15 is 0 Å². The number of hydrogen-bond donors (Lipinski definition) is 0. The van der Waals surface area contributed by atoms with Gasteiger partial charge in [-0.2, -0.15) is 30.9 Å². The zero-order chi connectivity index (χ0) is 27.5. The van der Waals surface area contributed by atoms with Crippen LogP contribution in [0.3, 0.4) is 0 Å². The number of rotatable bonds is 3. The molecule has 0 saturated heterocycles. The second kappa shape index (κ2) is 11.0. The van der Waals surface area contributed by atoms with E-state index in [9.17, 15) is 26.3 Å². The monoisotopic (exact) mass is 511 g/mol. The number of nitrogens with zero attached hydrogens (tertiary/aromatic N) is 2. The van der Waals surface area contributed by atoms with Gasteiger partial charge in [0.15, 0.2) is 11.7 Å². The van der Waals surface area contributed by atoms with E-state index in [2.05, 4.69) is 4.98 Å². The molecule has 2 nitrogen and oxygen atoms in total. The number of aromatic nitrogens is 2. The van der Waals surface area contributed by atoms with E-state index in [4.69, 9.17) is 0 Å². The third kappa shape index (κ3) is 5.13. The van der Waals surface area contributed by atoms with Crippen LogP contribution in [-0.2, 0) is 17.9 Å². The Balaban J connectivity index is 0.00000109. The van der Waals surface area contributed by atoms with Crippen LogP contribution in [0.25, 0.3) is 22.5 Å². The van der Waals surface area contributed by atoms with Crippen molar-refractivity contribution in [2.45, 2.75) is 79.2 Å². The first-order valence-electron chi connectivity index (χ1n) is 12.3. The molecule has 0 saturated carbocycles. The van der Waals surface area contributed by atoms with E-state index in [1.54, 1.807) is 6.92 Å². The summed E-state index contributed by atoms with van der Waals surface area (Å²) >= 11 is 0. The number of alkyl halides is 6. The first-order chi connectivity index (χ1) is 16.9. The maximum atomic E-state index is 13.5. The summed E-state index contributed by atoms with van der Waals surface area (Å²) in [6.07, 6.45) is -6.04. The van der Waals surface area contributed by atoms with E-state index in [0.717, 1.165) is 18.2 Å². The van der Waals surface area contributed by atoms with Crippen LogP contribution >= 0.6 is 0 Å². The van der Waals surface area contributed by atoms with Crippen LogP contribution in [0.15, 0.2) is 48.7 Å². The molecular formula is C28H33F6N2+. The summed E-state index contributed by atoms with van der Waals surface area (Å²) in [6.45, 7) is 13.6. The molecule has 1 aliphatic rings. The quantitative estimate of drug-likeness (QED) is 0.253. The van der Waals surface area contributed by atoms with Crippen LogP contribution in [0, 0.1) is 6.92 Å². The Morgan fingerprint density at radius 2 is 1.28 bits per heavy atom. The van der Waals surface area contributed by atoms with E-state index in [0.29, 0.717) is 46.6 Å². The Labute approximate surface area is 209 Å². The molecule has 196 valence electrons. The van der Waals surface area contributed by atoms with Gasteiger partial charge in [-0.3, -0.25) is 0 Å². The van der Waals surface area contributed by atoms with Gasteiger partial charge in [-0.15, -0.1) is 0 Å². The van der Waals surface area contributed by atoms with Crippen molar-refractivity contribution in [3.05, 3.63) is 71.0 Å². The van der Waals surface area contributed by atoms with Crippen molar-refractivity contribution in [3.8, 4) is 22.5 Å². The average molecular weight is 512 g/mol. The Bertz CT molecular complexity index is 1170. The second-order valence-electron chi connectivity index (χ2n) is 8.02. The highest BCUT2D eigenvalue weighted by atomic mass is 19.4. The lowest BCUT2D eigenvalue weighted by atomic mass is 9.83. The molecule has 36 heavy (non-hydrogen) atoms. The van der Waals surface area contributed by atoms with Crippen molar-refractivity contribution in [1.29, 1.82) is 0 Å². The fourth-order valence-corrected chi connectivity index (χ4v) is 4.65. The molecule has 0 bridgehead atoms. The fraction of sp³-hybridized carbons (Fsp3) is 0.429. The molecule has 0 spiro atoms. The molecular weight excluding hydrogens is 478 g/mol. The second-order valence-corrected chi connectivity index (χ2v) is 8.02. The van der Waals surface area contributed by atoms with Crippen LogP contribution in [0.4, 0.5) is 26.3 Å². The summed E-state index contributed by atoms with van der Waals surface area (Å²) in [6, 6.07) is 8.38. The van der Waals surface area contributed by atoms with Gasteiger partial charge in [-0.25, -0.2) is 4.98 Å². The predicted octanol–water partition coefficient (Wildman–Crippen LogP) is 8.98. The molecule has 1 aliphatic heterocycles. The number of fused-ring (bicyclic) bond motifs is 3. The summed E-state index contributed by atoms with van der Waals surface area (Å²) in [5.41, 5.74) is 1.12. The van der Waals surface area contributed by atoms with Gasteiger partial charge < -0.3 is 0 Å². The minimum Gasteiger partial charge on any atom is -0.240 e. The summed E-state index contributed by atoms with van der Waals surface area (Å²) in [4.78, 5) is 4.59. The van der Waals surface area contributed by atoms with Gasteiger partial charge in [0.2, 0.25) is 5.69 Å². The van der Waals surface area contributed by atoms with Crippen LogP contribution in [0.5, 0.6) is 0 Å². The van der Waals surface area contributed by atoms with Gasteiger partial charge >= 0.3 is 12.4 Å². The van der Waals surface area contributed by atoms with Gasteiger partial charge in [-0.1, -0.05) is 53.7 Å². The maximum absolute atomic E-state index is 13.5. The van der Waals surface area contributed by atoms with E-state index in [1.165, 1.54) is 24.3 Å². The number of hydrogen-bond acceptors (Lipinski definition) is 1. The molecule has 0 N–H and O–H groups in total. The van der Waals surface area contributed by atoms with E-state index in [1.807, 2.05) is 52.3 Å². The summed E-state index contributed by atoms with van der Waals surface area (Å²) in [5.74, 6) is 0. The highest BCUT2D eigenvalue weighted by molar-refractivity contribution is 5.80. The molecule has 0 atom stereocenters. The number of aryl methyl sites for hydroxylation is 1. The Morgan fingerprint density at radius 3 is 1.75 bits per heavy atom. The number of benzene rings is 2. The summed E-state index contributed by atoms with van der Waals surface area (Å²) in [7, 11) is 0. The minimum atomic E-state index is -4.48. The fourth-order valence-electron chi connectivity index (χ4n) is 4.65. The molecule has 0 aliphatic carbocycles. The molecule has 0 fully saturated rings. The highest BCUT2D eigenvalue weighted by Crippen LogP contribution is 2.46. The van der Waals surface area contributed by atoms with Crippen LogP contribution in [0.1, 0.15) is 76.8 Å².